The summed E-state index contributed by atoms with van der Waals surface area (Å²) in [6.07, 6.45) is 0. The molecule has 0 aliphatic heterocycles. The van der Waals surface area contributed by atoms with Crippen molar-refractivity contribution < 1.29 is 0 Å². The minimum absolute atomic E-state index is 0.0193. The Morgan fingerprint density at radius 3 is 2.40 bits per heavy atom. The van der Waals surface area contributed by atoms with Crippen molar-refractivity contribution in [2.75, 3.05) is 0 Å². The first kappa shape index (κ1) is 19.2. The number of thiazole rings is 1. The molecular weight excluding hydrogens is 432 g/mol. The Kier molecular flexibility index (Phi) is 4.82. The van der Waals surface area contributed by atoms with Crippen LogP contribution in [-0.2, 0) is 6.54 Å². The number of para-hydroxylation sites is 1. The lowest BCUT2D eigenvalue weighted by Gasteiger charge is -2.14. The molecule has 3 aromatic carbocycles. The van der Waals surface area contributed by atoms with Crippen LogP contribution >= 0.6 is 35.2 Å². The van der Waals surface area contributed by atoms with Gasteiger partial charge in [-0.3, -0.25) is 13.8 Å². The molecule has 0 radical (unpaired) electrons. The lowest BCUT2D eigenvalue weighted by Crippen LogP contribution is -2.23. The molecule has 0 fully saturated rings. The third-order valence-electron chi connectivity index (χ3n) is 5.23. The van der Waals surface area contributed by atoms with Crippen LogP contribution in [0.25, 0.3) is 27.0 Å². The molecule has 148 valence electrons. The first-order chi connectivity index (χ1) is 14.5. The molecule has 0 amide bonds. The summed E-state index contributed by atoms with van der Waals surface area (Å²) in [5, 5.41) is 1.34. The Balaban J connectivity index is 1.89. The van der Waals surface area contributed by atoms with E-state index in [-0.39, 0.29) is 5.56 Å². The Morgan fingerprint density at radius 1 is 0.967 bits per heavy atom. The Morgan fingerprint density at radius 2 is 1.67 bits per heavy atom. The highest BCUT2D eigenvalue weighted by molar-refractivity contribution is 7.73. The topological polar surface area (TPSA) is 26.4 Å². The highest BCUT2D eigenvalue weighted by Gasteiger charge is 2.18. The van der Waals surface area contributed by atoms with Crippen LogP contribution in [0.4, 0.5) is 0 Å². The summed E-state index contributed by atoms with van der Waals surface area (Å²) in [7, 11) is 0. The zero-order chi connectivity index (χ0) is 20.8. The highest BCUT2D eigenvalue weighted by atomic mass is 35.5. The lowest BCUT2D eigenvalue weighted by molar-refractivity contribution is 0.780. The van der Waals surface area contributed by atoms with Crippen LogP contribution in [0.1, 0.15) is 11.1 Å². The van der Waals surface area contributed by atoms with Gasteiger partial charge in [0, 0.05) is 5.02 Å². The molecule has 2 aromatic heterocycles. The van der Waals surface area contributed by atoms with Gasteiger partial charge in [-0.05, 0) is 54.5 Å². The SMILES string of the molecule is Cc1ccc(Cn2c(=O)c3ccccc3n3c(=S)sc(-c4ccc(Cl)cc4)c23)cc1. The van der Waals surface area contributed by atoms with Gasteiger partial charge >= 0.3 is 0 Å². The molecule has 5 aromatic rings. The largest absolute Gasteiger partial charge is 0.288 e. The quantitative estimate of drug-likeness (QED) is 0.286. The Hall–Kier alpha value is -2.73. The van der Waals surface area contributed by atoms with Crippen molar-refractivity contribution in [1.29, 1.82) is 0 Å². The number of aryl methyl sites for hydroxylation is 1. The number of hydrogen-bond donors (Lipinski definition) is 0. The molecular formula is C24H17ClN2OS2. The van der Waals surface area contributed by atoms with E-state index in [1.54, 1.807) is 0 Å². The summed E-state index contributed by atoms with van der Waals surface area (Å²) in [6.45, 7) is 2.53. The predicted molar refractivity (Wildman–Crippen MR) is 129 cm³/mol. The van der Waals surface area contributed by atoms with Gasteiger partial charge in [0.25, 0.3) is 5.56 Å². The van der Waals surface area contributed by atoms with Crippen LogP contribution in [0.15, 0.2) is 77.6 Å². The zero-order valence-corrected chi connectivity index (χ0v) is 18.5. The standard InChI is InChI=1S/C24H17ClN2OS2/c1-15-6-8-16(9-7-15)14-26-22-21(17-10-12-18(25)13-11-17)30-24(29)27(22)20-5-3-2-4-19(20)23(26)28/h2-13H,14H2,1H3. The first-order valence-electron chi connectivity index (χ1n) is 9.51. The molecule has 5 rings (SSSR count). The highest BCUT2D eigenvalue weighted by Crippen LogP contribution is 2.34. The van der Waals surface area contributed by atoms with Crippen molar-refractivity contribution in [3.05, 3.63) is 103 Å². The van der Waals surface area contributed by atoms with Crippen LogP contribution in [0.3, 0.4) is 0 Å². The molecule has 0 spiro atoms. The molecule has 30 heavy (non-hydrogen) atoms. The maximum Gasteiger partial charge on any atom is 0.261 e. The number of hydrogen-bond acceptors (Lipinski definition) is 3. The van der Waals surface area contributed by atoms with Crippen molar-refractivity contribution in [3.8, 4) is 10.4 Å². The Labute approximate surface area is 187 Å². The first-order valence-corrected chi connectivity index (χ1v) is 11.1. The van der Waals surface area contributed by atoms with Crippen LogP contribution in [-0.4, -0.2) is 8.97 Å². The van der Waals surface area contributed by atoms with Crippen molar-refractivity contribution in [2.24, 2.45) is 0 Å². The number of halogens is 1. The fraction of sp³-hybridized carbons (Fsp3) is 0.0833. The number of rotatable bonds is 3. The molecule has 0 atom stereocenters. The third kappa shape index (κ3) is 3.19. The smallest absolute Gasteiger partial charge is 0.261 e. The van der Waals surface area contributed by atoms with E-state index in [1.165, 1.54) is 16.9 Å². The molecule has 2 heterocycles. The third-order valence-corrected chi connectivity index (χ3v) is 6.89. The molecule has 0 unspecified atom stereocenters. The van der Waals surface area contributed by atoms with E-state index in [1.807, 2.05) is 57.5 Å². The van der Waals surface area contributed by atoms with E-state index >= 15 is 0 Å². The number of benzene rings is 3. The van der Waals surface area contributed by atoms with E-state index in [0.717, 1.165) is 27.2 Å². The number of aromatic nitrogens is 2. The van der Waals surface area contributed by atoms with Crippen molar-refractivity contribution in [1.82, 2.24) is 8.97 Å². The maximum absolute atomic E-state index is 13.6. The van der Waals surface area contributed by atoms with Crippen LogP contribution in [0, 0.1) is 10.9 Å². The van der Waals surface area contributed by atoms with Gasteiger partial charge in [0.15, 0.2) is 3.95 Å². The van der Waals surface area contributed by atoms with Gasteiger partial charge in [0.05, 0.1) is 22.3 Å². The molecule has 0 aliphatic carbocycles. The second-order valence-electron chi connectivity index (χ2n) is 7.26. The average molecular weight is 449 g/mol. The Bertz CT molecular complexity index is 1510. The van der Waals surface area contributed by atoms with E-state index in [9.17, 15) is 4.79 Å². The van der Waals surface area contributed by atoms with E-state index < -0.39 is 0 Å². The monoisotopic (exact) mass is 448 g/mol. The van der Waals surface area contributed by atoms with Gasteiger partial charge in [0.2, 0.25) is 0 Å². The van der Waals surface area contributed by atoms with E-state index in [0.29, 0.717) is 20.9 Å². The minimum atomic E-state index is -0.0193. The number of nitrogens with zero attached hydrogens (tertiary/aromatic N) is 2. The summed E-state index contributed by atoms with van der Waals surface area (Å²) in [5.41, 5.74) is 4.88. The summed E-state index contributed by atoms with van der Waals surface area (Å²) in [4.78, 5) is 14.5. The van der Waals surface area contributed by atoms with Gasteiger partial charge in [-0.2, -0.15) is 0 Å². The molecule has 0 saturated heterocycles. The van der Waals surface area contributed by atoms with E-state index in [4.69, 9.17) is 23.8 Å². The molecule has 6 heteroatoms. The van der Waals surface area contributed by atoms with Crippen LogP contribution < -0.4 is 5.56 Å². The molecule has 0 saturated carbocycles. The molecule has 0 bridgehead atoms. The van der Waals surface area contributed by atoms with Gasteiger partial charge in [0.1, 0.15) is 5.65 Å². The zero-order valence-electron chi connectivity index (χ0n) is 16.1. The maximum atomic E-state index is 13.6. The molecule has 0 N–H and O–H groups in total. The second-order valence-corrected chi connectivity index (χ2v) is 9.34. The van der Waals surface area contributed by atoms with Gasteiger partial charge < -0.3 is 0 Å². The van der Waals surface area contributed by atoms with Gasteiger partial charge in [-0.15, -0.1) is 11.3 Å². The molecule has 0 aliphatic rings. The van der Waals surface area contributed by atoms with E-state index in [2.05, 4.69) is 31.2 Å². The van der Waals surface area contributed by atoms with Crippen LogP contribution in [0.5, 0.6) is 0 Å². The number of fused-ring (bicyclic) bond motifs is 3. The second kappa shape index (κ2) is 7.51. The van der Waals surface area contributed by atoms with Crippen LogP contribution in [0.2, 0.25) is 5.02 Å². The van der Waals surface area contributed by atoms with Crippen molar-refractivity contribution in [3.63, 3.8) is 0 Å². The summed E-state index contributed by atoms with van der Waals surface area (Å²) in [5.74, 6) is 0. The fourth-order valence-corrected chi connectivity index (χ4v) is 5.28. The van der Waals surface area contributed by atoms with Crippen molar-refractivity contribution >= 4 is 51.7 Å². The summed E-state index contributed by atoms with van der Waals surface area (Å²) >= 11 is 13.4. The average Bonchev–Trinajstić information content (AvgIpc) is 3.10. The normalized spacial score (nSPS) is 11.4. The summed E-state index contributed by atoms with van der Waals surface area (Å²) < 4.78 is 4.57. The predicted octanol–water partition coefficient (Wildman–Crippen LogP) is 6.72. The van der Waals surface area contributed by atoms with Crippen molar-refractivity contribution in [2.45, 2.75) is 13.5 Å². The molecule has 3 nitrogen and oxygen atoms in total. The van der Waals surface area contributed by atoms with Gasteiger partial charge in [-0.25, -0.2) is 0 Å². The minimum Gasteiger partial charge on any atom is -0.288 e. The fourth-order valence-electron chi connectivity index (χ4n) is 3.73. The lowest BCUT2D eigenvalue weighted by atomic mass is 10.1. The summed E-state index contributed by atoms with van der Waals surface area (Å²) in [6, 6.07) is 23.6. The van der Waals surface area contributed by atoms with Gasteiger partial charge in [-0.1, -0.05) is 65.7 Å².